The highest BCUT2D eigenvalue weighted by Crippen LogP contribution is 2.25. The van der Waals surface area contributed by atoms with Crippen molar-refractivity contribution in [3.8, 4) is 0 Å². The van der Waals surface area contributed by atoms with E-state index in [1.165, 1.54) is 0 Å². The predicted octanol–water partition coefficient (Wildman–Crippen LogP) is 2.94. The molecule has 104 valence electrons. The van der Waals surface area contributed by atoms with Gasteiger partial charge in [-0.05, 0) is 19.1 Å². The molecule has 2 N–H and O–H groups in total. The van der Waals surface area contributed by atoms with Gasteiger partial charge in [0.15, 0.2) is 0 Å². The molecule has 0 unspecified atom stereocenters. The van der Waals surface area contributed by atoms with E-state index < -0.39 is 0 Å². The number of anilines is 2. The lowest BCUT2D eigenvalue weighted by atomic mass is 10.2. The molecule has 0 radical (unpaired) electrons. The molecule has 1 aromatic carbocycles. The monoisotopic (exact) mass is 260 g/mol. The van der Waals surface area contributed by atoms with Crippen molar-refractivity contribution >= 4 is 11.4 Å². The number of nitrogens with two attached hydrogens (primary N) is 1. The maximum atomic E-state index is 5.55. The number of hydrogen-bond acceptors (Lipinski definition) is 3. The number of nitrogens with zero attached hydrogens (tertiary/aromatic N) is 3. The van der Waals surface area contributed by atoms with E-state index >= 15 is 0 Å². The first-order valence-electron chi connectivity index (χ1n) is 6.75. The SMILES string of the molecule is CC.Cc1c(N(C)c2ccccc2)cnn1CCN. The second-order valence-corrected chi connectivity index (χ2v) is 4.02. The summed E-state index contributed by atoms with van der Waals surface area (Å²) in [5, 5.41) is 4.35. The number of hydrogen-bond donors (Lipinski definition) is 1. The van der Waals surface area contributed by atoms with Gasteiger partial charge in [-0.3, -0.25) is 4.68 Å². The number of benzene rings is 1. The Labute approximate surface area is 115 Å². The van der Waals surface area contributed by atoms with Crippen molar-refractivity contribution in [2.45, 2.75) is 27.3 Å². The average molecular weight is 260 g/mol. The highest BCUT2D eigenvalue weighted by Gasteiger charge is 2.11. The van der Waals surface area contributed by atoms with Gasteiger partial charge in [-0.2, -0.15) is 5.10 Å². The van der Waals surface area contributed by atoms with Gasteiger partial charge < -0.3 is 10.6 Å². The molecule has 0 saturated heterocycles. The normalized spacial score (nSPS) is 9.74. The first-order valence-corrected chi connectivity index (χ1v) is 6.75. The lowest BCUT2D eigenvalue weighted by Gasteiger charge is -2.18. The molecule has 19 heavy (non-hydrogen) atoms. The first-order chi connectivity index (χ1) is 9.24. The third kappa shape index (κ3) is 3.58. The minimum atomic E-state index is 0.608. The van der Waals surface area contributed by atoms with Crippen LogP contribution in [-0.2, 0) is 6.54 Å². The molecule has 0 bridgehead atoms. The molecular formula is C15H24N4. The lowest BCUT2D eigenvalue weighted by molar-refractivity contribution is 0.608. The van der Waals surface area contributed by atoms with Crippen LogP contribution in [0.3, 0.4) is 0 Å². The average Bonchev–Trinajstić information content (AvgIpc) is 2.83. The summed E-state index contributed by atoms with van der Waals surface area (Å²) >= 11 is 0. The van der Waals surface area contributed by atoms with Crippen LogP contribution >= 0.6 is 0 Å². The van der Waals surface area contributed by atoms with Gasteiger partial charge in [-0.15, -0.1) is 0 Å². The Morgan fingerprint density at radius 3 is 2.42 bits per heavy atom. The fraction of sp³-hybridized carbons (Fsp3) is 0.400. The molecule has 0 fully saturated rings. The minimum absolute atomic E-state index is 0.608. The smallest absolute Gasteiger partial charge is 0.0824 e. The van der Waals surface area contributed by atoms with Gasteiger partial charge in [-0.1, -0.05) is 32.0 Å². The molecule has 0 aliphatic heterocycles. The molecule has 1 heterocycles. The third-order valence-corrected chi connectivity index (χ3v) is 2.92. The van der Waals surface area contributed by atoms with Gasteiger partial charge in [0.1, 0.15) is 0 Å². The summed E-state index contributed by atoms with van der Waals surface area (Å²) in [6, 6.07) is 10.2. The van der Waals surface area contributed by atoms with E-state index in [1.807, 2.05) is 50.0 Å². The van der Waals surface area contributed by atoms with E-state index in [1.54, 1.807) is 0 Å². The zero-order chi connectivity index (χ0) is 14.3. The lowest BCUT2D eigenvalue weighted by Crippen LogP contribution is -2.14. The van der Waals surface area contributed by atoms with Crippen molar-refractivity contribution in [2.75, 3.05) is 18.5 Å². The zero-order valence-electron chi connectivity index (χ0n) is 12.3. The van der Waals surface area contributed by atoms with Gasteiger partial charge in [-0.25, -0.2) is 0 Å². The fourth-order valence-electron chi connectivity index (χ4n) is 1.90. The molecule has 0 aliphatic carbocycles. The van der Waals surface area contributed by atoms with E-state index in [-0.39, 0.29) is 0 Å². The molecular weight excluding hydrogens is 236 g/mol. The summed E-state index contributed by atoms with van der Waals surface area (Å²) in [4.78, 5) is 2.13. The Kier molecular flexibility index (Phi) is 6.09. The number of para-hydroxylation sites is 1. The molecule has 2 aromatic rings. The second-order valence-electron chi connectivity index (χ2n) is 4.02. The number of aromatic nitrogens is 2. The Morgan fingerprint density at radius 1 is 1.21 bits per heavy atom. The zero-order valence-corrected chi connectivity index (χ0v) is 12.3. The van der Waals surface area contributed by atoms with E-state index in [9.17, 15) is 0 Å². The molecule has 4 heteroatoms. The van der Waals surface area contributed by atoms with Crippen molar-refractivity contribution in [2.24, 2.45) is 5.73 Å². The Hall–Kier alpha value is -1.81. The second kappa shape index (κ2) is 7.59. The van der Waals surface area contributed by atoms with Crippen LogP contribution in [0.4, 0.5) is 11.4 Å². The summed E-state index contributed by atoms with van der Waals surface area (Å²) in [6.45, 7) is 7.43. The van der Waals surface area contributed by atoms with Crippen molar-refractivity contribution in [1.82, 2.24) is 9.78 Å². The van der Waals surface area contributed by atoms with E-state index in [0.717, 1.165) is 23.6 Å². The van der Waals surface area contributed by atoms with Gasteiger partial charge in [0, 0.05) is 19.3 Å². The molecule has 1 aromatic heterocycles. The van der Waals surface area contributed by atoms with Crippen LogP contribution in [-0.4, -0.2) is 23.4 Å². The van der Waals surface area contributed by atoms with Crippen molar-refractivity contribution in [3.63, 3.8) is 0 Å². The highest BCUT2D eigenvalue weighted by atomic mass is 15.3. The fourth-order valence-corrected chi connectivity index (χ4v) is 1.90. The van der Waals surface area contributed by atoms with Crippen molar-refractivity contribution < 1.29 is 0 Å². The molecule has 0 saturated carbocycles. The summed E-state index contributed by atoms with van der Waals surface area (Å²) in [7, 11) is 2.05. The Bertz CT molecular complexity index is 476. The summed E-state index contributed by atoms with van der Waals surface area (Å²) in [6.07, 6.45) is 1.89. The molecule has 0 amide bonds. The van der Waals surface area contributed by atoms with Gasteiger partial charge in [0.25, 0.3) is 0 Å². The predicted molar refractivity (Wildman–Crippen MR) is 81.9 cm³/mol. The Balaban J connectivity index is 0.000000861. The third-order valence-electron chi connectivity index (χ3n) is 2.92. The molecule has 0 aliphatic rings. The van der Waals surface area contributed by atoms with E-state index in [0.29, 0.717) is 6.54 Å². The van der Waals surface area contributed by atoms with Crippen molar-refractivity contribution in [3.05, 3.63) is 42.2 Å². The van der Waals surface area contributed by atoms with Crippen LogP contribution in [0, 0.1) is 6.92 Å². The quantitative estimate of drug-likeness (QED) is 0.919. The first kappa shape index (κ1) is 15.2. The van der Waals surface area contributed by atoms with Crippen LogP contribution in [0.25, 0.3) is 0 Å². The molecule has 0 atom stereocenters. The number of rotatable bonds is 4. The largest absolute Gasteiger partial charge is 0.342 e. The van der Waals surface area contributed by atoms with Crippen molar-refractivity contribution in [1.29, 1.82) is 0 Å². The van der Waals surface area contributed by atoms with E-state index in [4.69, 9.17) is 5.73 Å². The molecule has 4 nitrogen and oxygen atoms in total. The summed E-state index contributed by atoms with van der Waals surface area (Å²) < 4.78 is 1.94. The topological polar surface area (TPSA) is 47.1 Å². The highest BCUT2D eigenvalue weighted by molar-refractivity contribution is 5.63. The standard InChI is InChI=1S/C13H18N4.C2H6/c1-11-13(10-15-17(11)9-8-14)16(2)12-6-4-3-5-7-12;1-2/h3-7,10H,8-9,14H2,1-2H3;1-2H3. The van der Waals surface area contributed by atoms with Gasteiger partial charge in [0.2, 0.25) is 0 Å². The van der Waals surface area contributed by atoms with Crippen LogP contribution in [0.15, 0.2) is 36.5 Å². The van der Waals surface area contributed by atoms with Crippen LogP contribution in [0.5, 0.6) is 0 Å². The van der Waals surface area contributed by atoms with Crippen LogP contribution in [0.2, 0.25) is 0 Å². The van der Waals surface area contributed by atoms with Gasteiger partial charge >= 0.3 is 0 Å². The molecule has 2 rings (SSSR count). The summed E-state index contributed by atoms with van der Waals surface area (Å²) in [5.74, 6) is 0. The maximum Gasteiger partial charge on any atom is 0.0824 e. The van der Waals surface area contributed by atoms with Crippen LogP contribution in [0.1, 0.15) is 19.5 Å². The van der Waals surface area contributed by atoms with Crippen LogP contribution < -0.4 is 10.6 Å². The Morgan fingerprint density at radius 2 is 1.84 bits per heavy atom. The summed E-state index contributed by atoms with van der Waals surface area (Å²) in [5.41, 5.74) is 8.96. The van der Waals surface area contributed by atoms with Gasteiger partial charge in [0.05, 0.1) is 24.1 Å². The minimum Gasteiger partial charge on any atom is -0.342 e. The molecule has 0 spiro atoms. The van der Waals surface area contributed by atoms with E-state index in [2.05, 4.69) is 29.1 Å². The maximum absolute atomic E-state index is 5.55.